The van der Waals surface area contributed by atoms with Gasteiger partial charge in [0.15, 0.2) is 0 Å². The van der Waals surface area contributed by atoms with Crippen LogP contribution in [0.15, 0.2) is 18.2 Å². The van der Waals surface area contributed by atoms with Crippen LogP contribution < -0.4 is 0 Å². The molecule has 1 heterocycles. The minimum Gasteiger partial charge on any atom is -0.391 e. The summed E-state index contributed by atoms with van der Waals surface area (Å²) in [6, 6.07) is 2.74. The molecular weight excluding hydrogens is 288 g/mol. The van der Waals surface area contributed by atoms with Crippen LogP contribution in [-0.4, -0.2) is 28.6 Å². The summed E-state index contributed by atoms with van der Waals surface area (Å²) in [6.07, 6.45) is 2.93. The van der Waals surface area contributed by atoms with Gasteiger partial charge in [-0.1, -0.05) is 0 Å². The largest absolute Gasteiger partial charge is 0.391 e. The van der Waals surface area contributed by atoms with Gasteiger partial charge in [0.25, 0.3) is 0 Å². The van der Waals surface area contributed by atoms with Gasteiger partial charge in [0, 0.05) is 18.0 Å². The van der Waals surface area contributed by atoms with E-state index < -0.39 is 23.8 Å². The van der Waals surface area contributed by atoms with Gasteiger partial charge in [-0.3, -0.25) is 4.79 Å². The lowest BCUT2D eigenvalue weighted by Gasteiger charge is -2.25. The molecule has 1 aromatic carbocycles. The lowest BCUT2D eigenvalue weighted by Crippen LogP contribution is -2.33. The number of aliphatic hydroxyl groups is 1. The quantitative estimate of drug-likeness (QED) is 0.932. The second-order valence-electron chi connectivity index (χ2n) is 6.91. The van der Waals surface area contributed by atoms with E-state index in [2.05, 4.69) is 0 Å². The number of β-amino-alcohol motifs (C(OH)–C–C–N with tert-alkyl or cyclic N) is 1. The minimum absolute atomic E-state index is 0.00195. The first kappa shape index (κ1) is 14.1. The van der Waals surface area contributed by atoms with Crippen molar-refractivity contribution >= 4 is 5.91 Å². The van der Waals surface area contributed by atoms with Crippen LogP contribution in [0.25, 0.3) is 0 Å². The topological polar surface area (TPSA) is 40.5 Å². The van der Waals surface area contributed by atoms with Crippen molar-refractivity contribution in [1.29, 1.82) is 0 Å². The van der Waals surface area contributed by atoms with Crippen molar-refractivity contribution in [2.24, 2.45) is 17.8 Å². The average molecular weight is 307 g/mol. The fourth-order valence-corrected chi connectivity index (χ4v) is 3.88. The highest BCUT2D eigenvalue weighted by atomic mass is 19.1. The highest BCUT2D eigenvalue weighted by Gasteiger charge is 2.54. The van der Waals surface area contributed by atoms with Crippen LogP contribution in [0.1, 0.15) is 37.3 Å². The van der Waals surface area contributed by atoms with E-state index in [1.54, 1.807) is 4.90 Å². The Labute approximate surface area is 127 Å². The number of benzene rings is 1. The molecule has 4 atom stereocenters. The Morgan fingerprint density at radius 1 is 1.23 bits per heavy atom. The SMILES string of the molecule is O=C(C1CC1C1CC1)N1CC(O)CC1c1cc(F)ccc1F. The van der Waals surface area contributed by atoms with Crippen molar-refractivity contribution in [2.75, 3.05) is 6.54 Å². The molecule has 2 saturated carbocycles. The fraction of sp³-hybridized carbons (Fsp3) is 0.588. The molecule has 1 amide bonds. The first-order chi connectivity index (χ1) is 10.5. The normalized spacial score (nSPS) is 34.0. The Kier molecular flexibility index (Phi) is 3.22. The molecule has 0 aromatic heterocycles. The molecule has 3 aliphatic rings. The zero-order valence-electron chi connectivity index (χ0n) is 12.2. The van der Waals surface area contributed by atoms with Gasteiger partial charge in [-0.25, -0.2) is 8.78 Å². The maximum absolute atomic E-state index is 14.0. The predicted octanol–water partition coefficient (Wildman–Crippen LogP) is 2.65. The van der Waals surface area contributed by atoms with Crippen LogP contribution in [0.2, 0.25) is 0 Å². The summed E-state index contributed by atoms with van der Waals surface area (Å²) in [5.41, 5.74) is 0.175. The number of rotatable bonds is 3. The molecule has 2 aliphatic carbocycles. The van der Waals surface area contributed by atoms with Gasteiger partial charge in [-0.15, -0.1) is 0 Å². The Balaban J connectivity index is 1.57. The molecular formula is C17H19F2NO2. The fourth-order valence-electron chi connectivity index (χ4n) is 3.88. The van der Waals surface area contributed by atoms with E-state index in [4.69, 9.17) is 0 Å². The first-order valence-electron chi connectivity index (χ1n) is 7.98. The molecule has 5 heteroatoms. The monoisotopic (exact) mass is 307 g/mol. The molecule has 1 aromatic rings. The number of hydrogen-bond acceptors (Lipinski definition) is 2. The molecule has 3 nitrogen and oxygen atoms in total. The van der Waals surface area contributed by atoms with E-state index in [9.17, 15) is 18.7 Å². The van der Waals surface area contributed by atoms with Crippen LogP contribution in [-0.2, 0) is 4.79 Å². The van der Waals surface area contributed by atoms with Crippen molar-refractivity contribution in [3.05, 3.63) is 35.4 Å². The number of hydrogen-bond donors (Lipinski definition) is 1. The van der Waals surface area contributed by atoms with Crippen LogP contribution in [0.5, 0.6) is 0 Å². The lowest BCUT2D eigenvalue weighted by molar-refractivity contribution is -0.134. The van der Waals surface area contributed by atoms with E-state index in [0.717, 1.165) is 24.6 Å². The van der Waals surface area contributed by atoms with Gasteiger partial charge in [0.1, 0.15) is 11.6 Å². The average Bonchev–Trinajstić information content (AvgIpc) is 3.36. The Bertz CT molecular complexity index is 617. The maximum atomic E-state index is 14.0. The van der Waals surface area contributed by atoms with Crippen LogP contribution >= 0.6 is 0 Å². The highest BCUT2D eigenvalue weighted by Crippen LogP contribution is 2.55. The third-order valence-corrected chi connectivity index (χ3v) is 5.26. The van der Waals surface area contributed by atoms with Crippen LogP contribution in [0.4, 0.5) is 8.78 Å². The molecule has 22 heavy (non-hydrogen) atoms. The van der Waals surface area contributed by atoms with Gasteiger partial charge >= 0.3 is 0 Å². The van der Waals surface area contributed by atoms with Crippen molar-refractivity contribution in [2.45, 2.75) is 37.8 Å². The van der Waals surface area contributed by atoms with Gasteiger partial charge < -0.3 is 10.0 Å². The lowest BCUT2D eigenvalue weighted by atomic mass is 10.0. The number of carbonyl (C=O) groups is 1. The van der Waals surface area contributed by atoms with E-state index in [1.807, 2.05) is 0 Å². The van der Waals surface area contributed by atoms with Gasteiger partial charge in [-0.2, -0.15) is 0 Å². The zero-order valence-corrected chi connectivity index (χ0v) is 12.2. The summed E-state index contributed by atoms with van der Waals surface area (Å²) < 4.78 is 27.5. The van der Waals surface area contributed by atoms with Crippen molar-refractivity contribution in [1.82, 2.24) is 4.90 Å². The number of carbonyl (C=O) groups excluding carboxylic acids is 1. The molecule has 4 rings (SSSR count). The van der Waals surface area contributed by atoms with Crippen LogP contribution in [0.3, 0.4) is 0 Å². The Hall–Kier alpha value is -1.49. The molecule has 1 N–H and O–H groups in total. The summed E-state index contributed by atoms with van der Waals surface area (Å²) >= 11 is 0. The summed E-state index contributed by atoms with van der Waals surface area (Å²) in [7, 11) is 0. The van der Waals surface area contributed by atoms with E-state index in [0.29, 0.717) is 11.8 Å². The van der Waals surface area contributed by atoms with Gasteiger partial charge in [0.05, 0.1) is 12.1 Å². The summed E-state index contributed by atoms with van der Waals surface area (Å²) in [6.45, 7) is 0.216. The van der Waals surface area contributed by atoms with Crippen molar-refractivity contribution in [3.63, 3.8) is 0 Å². The number of halogens is 2. The highest BCUT2D eigenvalue weighted by molar-refractivity contribution is 5.82. The molecule has 0 spiro atoms. The van der Waals surface area contributed by atoms with Crippen molar-refractivity contribution < 1.29 is 18.7 Å². The zero-order chi connectivity index (χ0) is 15.4. The summed E-state index contributed by atoms with van der Waals surface area (Å²) in [5, 5.41) is 9.92. The smallest absolute Gasteiger partial charge is 0.226 e. The number of likely N-dealkylation sites (tertiary alicyclic amines) is 1. The summed E-state index contributed by atoms with van der Waals surface area (Å²) in [4.78, 5) is 14.2. The van der Waals surface area contributed by atoms with Gasteiger partial charge in [-0.05, 0) is 55.7 Å². The molecule has 0 bridgehead atoms. The molecule has 118 valence electrons. The Morgan fingerprint density at radius 3 is 2.73 bits per heavy atom. The second-order valence-corrected chi connectivity index (χ2v) is 6.91. The van der Waals surface area contributed by atoms with E-state index in [1.165, 1.54) is 12.8 Å². The molecule has 1 aliphatic heterocycles. The number of nitrogens with zero attached hydrogens (tertiary/aromatic N) is 1. The molecule has 4 unspecified atom stereocenters. The third kappa shape index (κ3) is 2.41. The Morgan fingerprint density at radius 2 is 2.00 bits per heavy atom. The van der Waals surface area contributed by atoms with Crippen molar-refractivity contribution in [3.8, 4) is 0 Å². The van der Waals surface area contributed by atoms with Gasteiger partial charge in [0.2, 0.25) is 5.91 Å². The van der Waals surface area contributed by atoms with E-state index >= 15 is 0 Å². The first-order valence-corrected chi connectivity index (χ1v) is 7.98. The second kappa shape index (κ2) is 5.01. The standard InChI is InChI=1S/C17H19F2NO2/c18-10-3-4-15(19)14(5-10)16-6-11(21)8-20(16)17(22)13-7-12(13)9-1-2-9/h3-5,9,11-13,16,21H,1-2,6-8H2. The minimum atomic E-state index is -0.672. The third-order valence-electron chi connectivity index (χ3n) is 5.26. The number of aliphatic hydroxyl groups excluding tert-OH is 1. The molecule has 3 fully saturated rings. The van der Waals surface area contributed by atoms with Crippen LogP contribution in [0, 0.1) is 29.4 Å². The maximum Gasteiger partial charge on any atom is 0.226 e. The van der Waals surface area contributed by atoms with E-state index in [-0.39, 0.29) is 30.4 Å². The summed E-state index contributed by atoms with van der Waals surface area (Å²) in [5.74, 6) is 0.147. The number of amides is 1. The predicted molar refractivity (Wildman–Crippen MR) is 75.8 cm³/mol. The molecule has 1 saturated heterocycles. The molecule has 0 radical (unpaired) electrons.